The van der Waals surface area contributed by atoms with E-state index in [-0.39, 0.29) is 28.8 Å². The first-order chi connectivity index (χ1) is 11.7. The molecule has 6 heteroatoms. The summed E-state index contributed by atoms with van der Waals surface area (Å²) in [4.78, 5) is 12.2. The molecule has 0 aliphatic heterocycles. The molecule has 2 rings (SSSR count). The zero-order valence-electron chi connectivity index (χ0n) is 13.7. The van der Waals surface area contributed by atoms with Crippen molar-refractivity contribution in [2.24, 2.45) is 5.73 Å². The monoisotopic (exact) mass is 345 g/mol. The van der Waals surface area contributed by atoms with E-state index in [0.29, 0.717) is 11.1 Å². The Labute approximate surface area is 143 Å². The van der Waals surface area contributed by atoms with Crippen LogP contribution < -0.4 is 5.73 Å². The van der Waals surface area contributed by atoms with E-state index in [9.17, 15) is 18.0 Å². The summed E-state index contributed by atoms with van der Waals surface area (Å²) in [7, 11) is 0. The summed E-state index contributed by atoms with van der Waals surface area (Å²) >= 11 is 0. The molecule has 0 aromatic heterocycles. The van der Waals surface area contributed by atoms with Crippen LogP contribution in [0.4, 0.5) is 13.2 Å². The lowest BCUT2D eigenvalue weighted by molar-refractivity contribution is -0.137. The summed E-state index contributed by atoms with van der Waals surface area (Å²) in [6.07, 6.45) is -3.18. The van der Waals surface area contributed by atoms with Crippen LogP contribution in [0.3, 0.4) is 0 Å². The molecule has 0 atom stereocenters. The van der Waals surface area contributed by atoms with Gasteiger partial charge < -0.3 is 5.73 Å². The number of ketones is 1. The van der Waals surface area contributed by atoms with Gasteiger partial charge in [-0.3, -0.25) is 4.79 Å². The van der Waals surface area contributed by atoms with Crippen LogP contribution in [-0.4, -0.2) is 12.3 Å². The number of nitriles is 1. The third-order valence-corrected chi connectivity index (χ3v) is 3.93. The molecule has 0 aliphatic rings. The quantitative estimate of drug-likeness (QED) is 0.842. The van der Waals surface area contributed by atoms with E-state index < -0.39 is 17.5 Å². The number of carbonyl (C=O) groups excluding carboxylic acids is 1. The van der Waals surface area contributed by atoms with Gasteiger partial charge in [0, 0.05) is 17.5 Å². The predicted octanol–water partition coefficient (Wildman–Crippen LogP) is 4.27. The minimum absolute atomic E-state index is 0.0132. The van der Waals surface area contributed by atoms with E-state index >= 15 is 0 Å². The molecule has 129 valence electrons. The number of carbonyl (C=O) groups is 1. The lowest BCUT2D eigenvalue weighted by Gasteiger charge is -2.21. The molecule has 1 radical (unpaired) electrons. The second-order valence-electron chi connectivity index (χ2n) is 5.57. The predicted molar refractivity (Wildman–Crippen MR) is 88.8 cm³/mol. The first-order valence-electron chi connectivity index (χ1n) is 7.50. The molecule has 0 amide bonds. The number of Topliss-reactive ketones (excluding diaryl/α,β-unsaturated/α-hetero) is 1. The van der Waals surface area contributed by atoms with Gasteiger partial charge in [-0.05, 0) is 55.3 Å². The van der Waals surface area contributed by atoms with Gasteiger partial charge in [-0.2, -0.15) is 18.4 Å². The number of nitrogens with zero attached hydrogens (tertiary/aromatic N) is 1. The molecular formula is C19H16F3N2O. The Balaban J connectivity index is 2.89. The lowest BCUT2D eigenvalue weighted by atomic mass is 9.85. The van der Waals surface area contributed by atoms with Crippen LogP contribution in [0, 0.1) is 24.7 Å². The number of hydrogen-bond donors (Lipinski definition) is 1. The van der Waals surface area contributed by atoms with Gasteiger partial charge in [0.1, 0.15) is 0 Å². The fourth-order valence-corrected chi connectivity index (χ4v) is 2.82. The van der Waals surface area contributed by atoms with Gasteiger partial charge in [-0.1, -0.05) is 12.1 Å². The molecule has 2 N–H and O–H groups in total. The van der Waals surface area contributed by atoms with Crippen LogP contribution in [0.5, 0.6) is 0 Å². The first-order valence-corrected chi connectivity index (χ1v) is 7.50. The number of alkyl halides is 3. The number of hydrogen-bond acceptors (Lipinski definition) is 3. The van der Waals surface area contributed by atoms with Crippen molar-refractivity contribution in [3.05, 3.63) is 64.6 Å². The van der Waals surface area contributed by atoms with E-state index in [1.54, 1.807) is 6.92 Å². The van der Waals surface area contributed by atoms with E-state index in [1.807, 2.05) is 6.07 Å². The van der Waals surface area contributed by atoms with E-state index in [2.05, 4.69) is 0 Å². The van der Waals surface area contributed by atoms with Crippen LogP contribution >= 0.6 is 0 Å². The van der Waals surface area contributed by atoms with Crippen LogP contribution in [0.25, 0.3) is 11.1 Å². The third-order valence-electron chi connectivity index (χ3n) is 3.93. The molecule has 25 heavy (non-hydrogen) atoms. The van der Waals surface area contributed by atoms with Gasteiger partial charge in [-0.15, -0.1) is 0 Å². The molecule has 0 aliphatic carbocycles. The average molecular weight is 345 g/mol. The molecule has 2 aromatic carbocycles. The molecule has 3 nitrogen and oxygen atoms in total. The number of nitrogens with two attached hydrogens (primary N) is 1. The summed E-state index contributed by atoms with van der Waals surface area (Å²) in [5.41, 5.74) is 5.69. The van der Waals surface area contributed by atoms with Crippen molar-refractivity contribution in [2.75, 3.05) is 6.54 Å². The maximum atomic E-state index is 13.7. The first kappa shape index (κ1) is 18.7. The Kier molecular flexibility index (Phi) is 5.29. The topological polar surface area (TPSA) is 66.9 Å². The van der Waals surface area contributed by atoms with Crippen LogP contribution in [0.1, 0.15) is 39.5 Å². The molecule has 0 unspecified atom stereocenters. The molecule has 2 aromatic rings. The van der Waals surface area contributed by atoms with Gasteiger partial charge in [0.2, 0.25) is 0 Å². The standard InChI is InChI=1S/C19H16F3N2O/c1-11-15(7-8-23)9-16(19(20,21)22)18(17(11)12(2)25)14-5-3-13(10-24)4-6-14/h3-7,9H,8,23H2,1-2H3. The Morgan fingerprint density at radius 3 is 2.32 bits per heavy atom. The van der Waals surface area contributed by atoms with Crippen LogP contribution in [0.15, 0.2) is 30.3 Å². The fourth-order valence-electron chi connectivity index (χ4n) is 2.82. The Morgan fingerprint density at radius 1 is 1.28 bits per heavy atom. The number of rotatable bonds is 4. The normalized spacial score (nSPS) is 11.2. The van der Waals surface area contributed by atoms with Gasteiger partial charge in [-0.25, -0.2) is 0 Å². The Hall–Kier alpha value is -2.65. The summed E-state index contributed by atoms with van der Waals surface area (Å²) in [6, 6.07) is 8.62. The van der Waals surface area contributed by atoms with Gasteiger partial charge in [0.15, 0.2) is 5.78 Å². The van der Waals surface area contributed by atoms with Crippen molar-refractivity contribution in [1.29, 1.82) is 5.26 Å². The smallest absolute Gasteiger partial charge is 0.330 e. The second-order valence-corrected chi connectivity index (χ2v) is 5.57. The highest BCUT2D eigenvalue weighted by atomic mass is 19.4. The van der Waals surface area contributed by atoms with Gasteiger partial charge in [0.25, 0.3) is 0 Å². The highest BCUT2D eigenvalue weighted by Gasteiger charge is 2.36. The molecule has 0 saturated heterocycles. The third kappa shape index (κ3) is 3.72. The summed E-state index contributed by atoms with van der Waals surface area (Å²) in [6.45, 7) is 2.90. The van der Waals surface area contributed by atoms with Gasteiger partial charge in [0.05, 0.1) is 17.2 Å². The highest BCUT2D eigenvalue weighted by molar-refractivity contribution is 6.03. The summed E-state index contributed by atoms with van der Waals surface area (Å²) in [5.74, 6) is -0.463. The second kappa shape index (κ2) is 7.08. The van der Waals surface area contributed by atoms with Crippen molar-refractivity contribution < 1.29 is 18.0 Å². The fraction of sp³-hybridized carbons (Fsp3) is 0.211. The number of halogens is 3. The molecule has 0 spiro atoms. The Morgan fingerprint density at radius 2 is 1.88 bits per heavy atom. The largest absolute Gasteiger partial charge is 0.417 e. The van der Waals surface area contributed by atoms with E-state index in [4.69, 9.17) is 11.0 Å². The van der Waals surface area contributed by atoms with E-state index in [0.717, 1.165) is 6.07 Å². The average Bonchev–Trinajstić information content (AvgIpc) is 2.55. The Bertz CT molecular complexity index is 847. The van der Waals surface area contributed by atoms with Crippen LogP contribution in [0.2, 0.25) is 0 Å². The zero-order chi connectivity index (χ0) is 18.8. The highest BCUT2D eigenvalue weighted by Crippen LogP contribution is 2.42. The molecular weight excluding hydrogens is 329 g/mol. The van der Waals surface area contributed by atoms with Crippen molar-refractivity contribution in [2.45, 2.75) is 20.0 Å². The van der Waals surface area contributed by atoms with Gasteiger partial charge >= 0.3 is 6.18 Å². The lowest BCUT2D eigenvalue weighted by Crippen LogP contribution is -2.15. The minimum Gasteiger partial charge on any atom is -0.330 e. The SMILES string of the molecule is CC(=O)c1c(C)c([CH]CN)cc(C(F)(F)F)c1-c1ccc(C#N)cc1. The molecule has 0 saturated carbocycles. The maximum Gasteiger partial charge on any atom is 0.417 e. The molecule has 0 bridgehead atoms. The zero-order valence-corrected chi connectivity index (χ0v) is 13.7. The van der Waals surface area contributed by atoms with Crippen LogP contribution in [-0.2, 0) is 6.18 Å². The number of benzene rings is 2. The molecule has 0 fully saturated rings. The summed E-state index contributed by atoms with van der Waals surface area (Å²) < 4.78 is 41.0. The maximum absolute atomic E-state index is 13.7. The minimum atomic E-state index is -4.64. The summed E-state index contributed by atoms with van der Waals surface area (Å²) in [5, 5.41) is 8.87. The van der Waals surface area contributed by atoms with Crippen molar-refractivity contribution in [3.8, 4) is 17.2 Å². The molecule has 0 heterocycles. The van der Waals surface area contributed by atoms with Crippen molar-refractivity contribution in [1.82, 2.24) is 0 Å². The van der Waals surface area contributed by atoms with E-state index in [1.165, 1.54) is 37.6 Å². The van der Waals surface area contributed by atoms with Crippen molar-refractivity contribution >= 4 is 5.78 Å². The van der Waals surface area contributed by atoms with Crippen molar-refractivity contribution in [3.63, 3.8) is 0 Å².